The van der Waals surface area contributed by atoms with Gasteiger partial charge in [-0.2, -0.15) is 13.2 Å². The summed E-state index contributed by atoms with van der Waals surface area (Å²) < 4.78 is 35.0. The molecule has 0 bridgehead atoms. The molecule has 1 N–H and O–H groups in total. The quantitative estimate of drug-likeness (QED) is 0.741. The Balaban J connectivity index is 2.22. The Kier molecular flexibility index (Phi) is 2.55. The van der Waals surface area contributed by atoms with Crippen LogP contribution >= 0.6 is 11.8 Å². The molecule has 0 spiro atoms. The van der Waals surface area contributed by atoms with Crippen LogP contribution in [0.2, 0.25) is 0 Å². The van der Waals surface area contributed by atoms with E-state index in [4.69, 9.17) is 5.11 Å². The Morgan fingerprint density at radius 2 is 1.92 bits per heavy atom. The summed E-state index contributed by atoms with van der Waals surface area (Å²) in [4.78, 5) is 10.2. The van der Waals surface area contributed by atoms with E-state index in [1.807, 2.05) is 0 Å². The summed E-state index contributed by atoms with van der Waals surface area (Å²) in [7, 11) is 0. The summed E-state index contributed by atoms with van der Waals surface area (Å²) in [5, 5.41) is 7.81. The van der Waals surface area contributed by atoms with Crippen molar-refractivity contribution >= 4 is 17.7 Å². The molecule has 0 saturated heterocycles. The smallest absolute Gasteiger partial charge is 0.442 e. The first kappa shape index (κ1) is 9.70. The third-order valence-corrected chi connectivity index (χ3v) is 2.73. The Labute approximate surface area is 71.1 Å². The number of aliphatic carboxylic acids is 1. The second-order valence-corrected chi connectivity index (χ2v) is 4.06. The van der Waals surface area contributed by atoms with E-state index < -0.39 is 22.6 Å². The average molecular weight is 200 g/mol. The fourth-order valence-corrected chi connectivity index (χ4v) is 2.09. The van der Waals surface area contributed by atoms with E-state index in [1.54, 1.807) is 0 Å². The molecule has 1 aliphatic carbocycles. The Bertz CT molecular complexity index is 186. The monoisotopic (exact) mass is 200 g/mol. The Morgan fingerprint density at radius 3 is 2.25 bits per heavy atom. The summed E-state index contributed by atoms with van der Waals surface area (Å²) in [5.74, 6) is -1.56. The molecule has 1 aliphatic rings. The van der Waals surface area contributed by atoms with Crippen LogP contribution in [0.5, 0.6) is 0 Å². The third kappa shape index (κ3) is 2.58. The molecule has 0 aromatic carbocycles. The highest BCUT2D eigenvalue weighted by molar-refractivity contribution is 8.00. The molecule has 0 heterocycles. The largest absolute Gasteiger partial charge is 0.481 e. The lowest BCUT2D eigenvalue weighted by Gasteiger charge is -2.31. The predicted octanol–water partition coefficient (Wildman–Crippen LogP) is 2.10. The van der Waals surface area contributed by atoms with Crippen LogP contribution in [0, 0.1) is 5.92 Å². The van der Waals surface area contributed by atoms with Gasteiger partial charge >= 0.3 is 11.5 Å². The molecule has 0 aliphatic heterocycles. The van der Waals surface area contributed by atoms with E-state index >= 15 is 0 Å². The van der Waals surface area contributed by atoms with E-state index in [-0.39, 0.29) is 24.6 Å². The molecule has 0 radical (unpaired) electrons. The second-order valence-electron chi connectivity index (χ2n) is 2.69. The van der Waals surface area contributed by atoms with Gasteiger partial charge in [0.15, 0.2) is 0 Å². The molecule has 0 aromatic heterocycles. The van der Waals surface area contributed by atoms with Gasteiger partial charge in [-0.25, -0.2) is 0 Å². The van der Waals surface area contributed by atoms with Gasteiger partial charge in [-0.1, -0.05) is 0 Å². The van der Waals surface area contributed by atoms with Crippen LogP contribution in [0.15, 0.2) is 0 Å². The number of carbonyl (C=O) groups is 1. The maximum atomic E-state index is 11.7. The van der Waals surface area contributed by atoms with Crippen molar-refractivity contribution < 1.29 is 23.1 Å². The van der Waals surface area contributed by atoms with Crippen LogP contribution in [0.3, 0.4) is 0 Å². The van der Waals surface area contributed by atoms with Crippen molar-refractivity contribution in [2.24, 2.45) is 5.92 Å². The van der Waals surface area contributed by atoms with E-state index in [0.717, 1.165) is 0 Å². The van der Waals surface area contributed by atoms with E-state index in [2.05, 4.69) is 0 Å². The summed E-state index contributed by atoms with van der Waals surface area (Å²) in [6.45, 7) is 0. The molecule has 0 aromatic rings. The van der Waals surface area contributed by atoms with Gasteiger partial charge in [0, 0.05) is 5.25 Å². The van der Waals surface area contributed by atoms with Crippen LogP contribution in [0.1, 0.15) is 12.8 Å². The van der Waals surface area contributed by atoms with Crippen molar-refractivity contribution in [3.05, 3.63) is 0 Å². The molecule has 1 rings (SSSR count). The molecule has 12 heavy (non-hydrogen) atoms. The SMILES string of the molecule is O=C(O)C1CC(SC(F)(F)F)C1. The molecular formula is C6H7F3O2S. The number of carboxylic acids is 1. The number of hydrogen-bond acceptors (Lipinski definition) is 2. The fraction of sp³-hybridized carbons (Fsp3) is 0.833. The predicted molar refractivity (Wildman–Crippen MR) is 37.8 cm³/mol. The molecular weight excluding hydrogens is 193 g/mol. The number of carboxylic acid groups (broad SMARTS) is 1. The van der Waals surface area contributed by atoms with Gasteiger partial charge < -0.3 is 5.11 Å². The van der Waals surface area contributed by atoms with Crippen molar-refractivity contribution in [1.29, 1.82) is 0 Å². The van der Waals surface area contributed by atoms with Gasteiger partial charge in [0.2, 0.25) is 0 Å². The van der Waals surface area contributed by atoms with Gasteiger partial charge in [-0.05, 0) is 24.6 Å². The minimum Gasteiger partial charge on any atom is -0.481 e. The van der Waals surface area contributed by atoms with Gasteiger partial charge in [0.1, 0.15) is 0 Å². The van der Waals surface area contributed by atoms with Gasteiger partial charge in [-0.15, -0.1) is 0 Å². The zero-order valence-electron chi connectivity index (χ0n) is 5.97. The Morgan fingerprint density at radius 1 is 1.42 bits per heavy atom. The number of thioether (sulfide) groups is 1. The van der Waals surface area contributed by atoms with Gasteiger partial charge in [0.25, 0.3) is 0 Å². The van der Waals surface area contributed by atoms with E-state index in [0.29, 0.717) is 0 Å². The number of hydrogen-bond donors (Lipinski definition) is 1. The van der Waals surface area contributed by atoms with Crippen LogP contribution < -0.4 is 0 Å². The first-order valence-corrected chi connectivity index (χ1v) is 4.24. The molecule has 1 fully saturated rings. The van der Waals surface area contributed by atoms with Crippen LogP contribution in [0.4, 0.5) is 13.2 Å². The maximum Gasteiger partial charge on any atom is 0.442 e. The lowest BCUT2D eigenvalue weighted by molar-refractivity contribution is -0.144. The Hall–Kier alpha value is -0.390. The van der Waals surface area contributed by atoms with Gasteiger partial charge in [-0.3, -0.25) is 4.79 Å². The minimum atomic E-state index is -4.23. The normalized spacial score (nSPS) is 29.6. The van der Waals surface area contributed by atoms with Crippen molar-refractivity contribution in [2.45, 2.75) is 23.6 Å². The lowest BCUT2D eigenvalue weighted by atomic mass is 9.85. The second kappa shape index (κ2) is 3.16. The van der Waals surface area contributed by atoms with Gasteiger partial charge in [0.05, 0.1) is 5.92 Å². The molecule has 6 heteroatoms. The lowest BCUT2D eigenvalue weighted by Crippen LogP contribution is -2.33. The van der Waals surface area contributed by atoms with Crippen LogP contribution in [0.25, 0.3) is 0 Å². The van der Waals surface area contributed by atoms with Crippen molar-refractivity contribution in [1.82, 2.24) is 0 Å². The summed E-state index contributed by atoms with van der Waals surface area (Å²) >= 11 is -0.0987. The maximum absolute atomic E-state index is 11.7. The standard InChI is InChI=1S/C6H7F3O2S/c7-6(8,9)12-4-1-3(2-4)5(10)11/h3-4H,1-2H2,(H,10,11). The highest BCUT2D eigenvalue weighted by atomic mass is 32.2. The van der Waals surface area contributed by atoms with E-state index in [9.17, 15) is 18.0 Å². The number of halogens is 3. The zero-order valence-corrected chi connectivity index (χ0v) is 6.78. The summed E-state index contributed by atoms with van der Waals surface area (Å²) in [6, 6.07) is 0. The van der Waals surface area contributed by atoms with Crippen molar-refractivity contribution in [2.75, 3.05) is 0 Å². The van der Waals surface area contributed by atoms with E-state index in [1.165, 1.54) is 0 Å². The average Bonchev–Trinajstić information content (AvgIpc) is 1.74. The molecule has 0 amide bonds. The minimum absolute atomic E-state index is 0.0987. The first-order chi connectivity index (χ1) is 5.38. The number of alkyl halides is 3. The molecule has 2 nitrogen and oxygen atoms in total. The molecule has 0 atom stereocenters. The molecule has 70 valence electrons. The molecule has 1 saturated carbocycles. The topological polar surface area (TPSA) is 37.3 Å². The summed E-state index contributed by atoms with van der Waals surface area (Å²) in [6.07, 6.45) is 0.277. The first-order valence-electron chi connectivity index (χ1n) is 3.36. The van der Waals surface area contributed by atoms with Crippen molar-refractivity contribution in [3.63, 3.8) is 0 Å². The van der Waals surface area contributed by atoms with Crippen molar-refractivity contribution in [3.8, 4) is 0 Å². The fourth-order valence-electron chi connectivity index (χ4n) is 1.05. The molecule has 0 unspecified atom stereocenters. The third-order valence-electron chi connectivity index (χ3n) is 1.74. The number of rotatable bonds is 2. The highest BCUT2D eigenvalue weighted by Crippen LogP contribution is 2.44. The van der Waals surface area contributed by atoms with Crippen LogP contribution in [-0.4, -0.2) is 21.8 Å². The summed E-state index contributed by atoms with van der Waals surface area (Å²) in [5.41, 5.74) is -4.23. The highest BCUT2D eigenvalue weighted by Gasteiger charge is 2.42. The van der Waals surface area contributed by atoms with Crippen LogP contribution in [-0.2, 0) is 4.79 Å². The zero-order chi connectivity index (χ0) is 9.35.